The number of rotatable bonds is 4. The highest BCUT2D eigenvalue weighted by molar-refractivity contribution is 7.89. The summed E-state index contributed by atoms with van der Waals surface area (Å²) < 4.78 is 25.9. The summed E-state index contributed by atoms with van der Waals surface area (Å²) >= 11 is 0. The van der Waals surface area contributed by atoms with Crippen LogP contribution in [-0.4, -0.2) is 32.2 Å². The zero-order chi connectivity index (χ0) is 14.8. The first kappa shape index (κ1) is 15.6. The van der Waals surface area contributed by atoms with Crippen molar-refractivity contribution >= 4 is 15.9 Å². The number of hydrazine groups is 1. The van der Waals surface area contributed by atoms with Gasteiger partial charge in [0.05, 0.1) is 11.4 Å². The molecule has 0 aliphatic rings. The van der Waals surface area contributed by atoms with Crippen molar-refractivity contribution in [2.75, 3.05) is 13.6 Å². The van der Waals surface area contributed by atoms with Crippen LogP contribution in [0.3, 0.4) is 0 Å². The smallest absolute Gasteiger partial charge is 0.249 e. The summed E-state index contributed by atoms with van der Waals surface area (Å²) in [5.74, 6) is 4.40. The Hall–Kier alpha value is -1.44. The molecule has 1 aromatic carbocycles. The summed E-state index contributed by atoms with van der Waals surface area (Å²) in [6.45, 7) is 5.07. The third-order valence-corrected chi connectivity index (χ3v) is 4.91. The summed E-state index contributed by atoms with van der Waals surface area (Å²) in [5.41, 5.74) is 4.24. The van der Waals surface area contributed by atoms with Crippen LogP contribution in [0.5, 0.6) is 0 Å². The Morgan fingerprint density at radius 3 is 2.16 bits per heavy atom. The van der Waals surface area contributed by atoms with Gasteiger partial charge in [-0.25, -0.2) is 14.3 Å². The predicted octanol–water partition coefficient (Wildman–Crippen LogP) is 0.222. The maximum Gasteiger partial charge on any atom is 0.249 e. The normalized spacial score (nSPS) is 11.7. The molecule has 0 saturated carbocycles. The standard InChI is InChI=1S/C12H19N3O3S/c1-8-5-9(2)12(10(3)6-8)19(17,18)15(4)7-11(16)14-13/h5-6H,7,13H2,1-4H3,(H,14,16). The minimum Gasteiger partial charge on any atom is -0.293 e. The van der Waals surface area contributed by atoms with E-state index in [-0.39, 0.29) is 11.4 Å². The van der Waals surface area contributed by atoms with Crippen LogP contribution in [0.4, 0.5) is 0 Å². The van der Waals surface area contributed by atoms with Gasteiger partial charge in [0.2, 0.25) is 15.9 Å². The van der Waals surface area contributed by atoms with Crippen LogP contribution < -0.4 is 11.3 Å². The van der Waals surface area contributed by atoms with E-state index in [0.717, 1.165) is 9.87 Å². The average Bonchev–Trinajstić information content (AvgIpc) is 2.26. The first-order valence-electron chi connectivity index (χ1n) is 5.73. The number of hydrogen-bond donors (Lipinski definition) is 2. The summed E-state index contributed by atoms with van der Waals surface area (Å²) in [7, 11) is -2.35. The monoisotopic (exact) mass is 285 g/mol. The Kier molecular flexibility index (Phi) is 4.67. The Morgan fingerprint density at radius 2 is 1.74 bits per heavy atom. The Balaban J connectivity index is 3.24. The molecule has 0 aromatic heterocycles. The molecule has 0 unspecified atom stereocenters. The largest absolute Gasteiger partial charge is 0.293 e. The lowest BCUT2D eigenvalue weighted by Crippen LogP contribution is -2.41. The molecule has 0 fully saturated rings. The highest BCUT2D eigenvalue weighted by Gasteiger charge is 2.26. The van der Waals surface area contributed by atoms with E-state index in [4.69, 9.17) is 5.84 Å². The van der Waals surface area contributed by atoms with Gasteiger partial charge in [-0.3, -0.25) is 10.2 Å². The van der Waals surface area contributed by atoms with Crippen molar-refractivity contribution in [3.05, 3.63) is 28.8 Å². The molecule has 7 heteroatoms. The fourth-order valence-corrected chi connectivity index (χ4v) is 3.59. The first-order valence-corrected chi connectivity index (χ1v) is 7.17. The Morgan fingerprint density at radius 1 is 1.26 bits per heavy atom. The molecule has 0 saturated heterocycles. The van der Waals surface area contributed by atoms with E-state index < -0.39 is 15.9 Å². The molecule has 0 radical (unpaired) electrons. The molecule has 1 amide bonds. The van der Waals surface area contributed by atoms with E-state index in [2.05, 4.69) is 0 Å². The highest BCUT2D eigenvalue weighted by Crippen LogP contribution is 2.24. The zero-order valence-corrected chi connectivity index (χ0v) is 12.3. The number of nitrogens with two attached hydrogens (primary N) is 1. The topological polar surface area (TPSA) is 92.5 Å². The lowest BCUT2D eigenvalue weighted by atomic mass is 10.1. The van der Waals surface area contributed by atoms with Gasteiger partial charge in [-0.15, -0.1) is 0 Å². The van der Waals surface area contributed by atoms with Gasteiger partial charge in [-0.05, 0) is 31.9 Å². The fraction of sp³-hybridized carbons (Fsp3) is 0.417. The molecule has 19 heavy (non-hydrogen) atoms. The summed E-state index contributed by atoms with van der Waals surface area (Å²) in [6.07, 6.45) is 0. The van der Waals surface area contributed by atoms with Gasteiger partial charge in [0.1, 0.15) is 0 Å². The minimum atomic E-state index is -3.71. The van der Waals surface area contributed by atoms with Crippen molar-refractivity contribution in [2.45, 2.75) is 25.7 Å². The van der Waals surface area contributed by atoms with Crippen LogP contribution in [0.25, 0.3) is 0 Å². The van der Waals surface area contributed by atoms with E-state index in [1.54, 1.807) is 26.0 Å². The van der Waals surface area contributed by atoms with Crippen molar-refractivity contribution in [2.24, 2.45) is 5.84 Å². The van der Waals surface area contributed by atoms with Gasteiger partial charge in [-0.2, -0.15) is 4.31 Å². The van der Waals surface area contributed by atoms with Crippen LogP contribution in [-0.2, 0) is 14.8 Å². The van der Waals surface area contributed by atoms with E-state index in [1.807, 2.05) is 12.3 Å². The Labute approximate surface area is 113 Å². The van der Waals surface area contributed by atoms with Gasteiger partial charge in [-0.1, -0.05) is 17.7 Å². The number of carbonyl (C=O) groups is 1. The molecule has 0 heterocycles. The van der Waals surface area contributed by atoms with E-state index in [1.165, 1.54) is 7.05 Å². The molecular weight excluding hydrogens is 266 g/mol. The number of nitrogens with one attached hydrogen (secondary N) is 1. The van der Waals surface area contributed by atoms with Gasteiger partial charge < -0.3 is 0 Å². The van der Waals surface area contributed by atoms with Crippen molar-refractivity contribution in [1.29, 1.82) is 0 Å². The molecule has 1 rings (SSSR count). The third-order valence-electron chi connectivity index (χ3n) is 2.80. The maximum atomic E-state index is 12.4. The molecule has 3 N–H and O–H groups in total. The van der Waals surface area contributed by atoms with E-state index in [9.17, 15) is 13.2 Å². The van der Waals surface area contributed by atoms with E-state index in [0.29, 0.717) is 11.1 Å². The van der Waals surface area contributed by atoms with Crippen molar-refractivity contribution in [1.82, 2.24) is 9.73 Å². The molecule has 1 aromatic rings. The number of carbonyl (C=O) groups excluding carboxylic acids is 1. The van der Waals surface area contributed by atoms with Crippen LogP contribution in [0, 0.1) is 20.8 Å². The molecule has 106 valence electrons. The average molecular weight is 285 g/mol. The lowest BCUT2D eigenvalue weighted by molar-refractivity contribution is -0.121. The third kappa shape index (κ3) is 3.31. The lowest BCUT2D eigenvalue weighted by Gasteiger charge is -2.19. The van der Waals surface area contributed by atoms with Crippen molar-refractivity contribution in [3.63, 3.8) is 0 Å². The Bertz CT molecular complexity index is 573. The SMILES string of the molecule is Cc1cc(C)c(S(=O)(=O)N(C)CC(=O)NN)c(C)c1. The molecular formula is C12H19N3O3S. The van der Waals surface area contributed by atoms with Crippen LogP contribution in [0.1, 0.15) is 16.7 Å². The number of aryl methyl sites for hydroxylation is 3. The number of likely N-dealkylation sites (N-methyl/N-ethyl adjacent to an activating group) is 1. The van der Waals surface area contributed by atoms with Gasteiger partial charge >= 0.3 is 0 Å². The maximum absolute atomic E-state index is 12.4. The molecule has 0 atom stereocenters. The molecule has 0 bridgehead atoms. The number of amides is 1. The quantitative estimate of drug-likeness (QED) is 0.470. The second-order valence-corrected chi connectivity index (χ2v) is 6.54. The first-order chi connectivity index (χ1) is 8.70. The van der Waals surface area contributed by atoms with Crippen molar-refractivity contribution < 1.29 is 13.2 Å². The van der Waals surface area contributed by atoms with Crippen LogP contribution in [0.2, 0.25) is 0 Å². The van der Waals surface area contributed by atoms with E-state index >= 15 is 0 Å². The van der Waals surface area contributed by atoms with Gasteiger partial charge in [0.15, 0.2) is 0 Å². The van der Waals surface area contributed by atoms with Gasteiger partial charge in [0.25, 0.3) is 0 Å². The molecule has 6 nitrogen and oxygen atoms in total. The number of hydrogen-bond acceptors (Lipinski definition) is 4. The fourth-order valence-electron chi connectivity index (χ4n) is 2.06. The summed E-state index contributed by atoms with van der Waals surface area (Å²) in [4.78, 5) is 11.4. The molecule has 0 aliphatic heterocycles. The van der Waals surface area contributed by atoms with Crippen LogP contribution in [0.15, 0.2) is 17.0 Å². The van der Waals surface area contributed by atoms with Crippen LogP contribution >= 0.6 is 0 Å². The second-order valence-electron chi connectivity index (χ2n) is 4.56. The highest BCUT2D eigenvalue weighted by atomic mass is 32.2. The second kappa shape index (κ2) is 5.68. The summed E-state index contributed by atoms with van der Waals surface area (Å²) in [6, 6.07) is 3.60. The molecule has 0 aliphatic carbocycles. The van der Waals surface area contributed by atoms with Gasteiger partial charge in [0, 0.05) is 7.05 Å². The number of sulfonamides is 1. The number of benzene rings is 1. The zero-order valence-electron chi connectivity index (χ0n) is 11.5. The number of nitrogens with zero attached hydrogens (tertiary/aromatic N) is 1. The molecule has 0 spiro atoms. The predicted molar refractivity (Wildman–Crippen MR) is 72.8 cm³/mol. The summed E-state index contributed by atoms with van der Waals surface area (Å²) in [5, 5.41) is 0. The minimum absolute atomic E-state index is 0.241. The van der Waals surface area contributed by atoms with Crippen molar-refractivity contribution in [3.8, 4) is 0 Å².